The molecule has 1 heterocycles. The standard InChI is InChI=1S/C25H29N3.2C23H24N2.C21H22N2S.2ClH/c1-5-27-23-14-10-21(11-15-23)25(20-8-6-19(7-9-20)18-26-2)22-12-16-24(17-13-22)28(3)4;2*1-4-24-21-14-10-19(11-15-21)23(18-8-6-5-7-9-18)20-12-16-22(17-13-20)25(2)3;1-3-23-20-10-8-18(9-11-20)21(19-12-13-24-15-19)17-6-4-16(5-7-17)14-22-2;;/h6-17,26H,5,18H2,1-4H3;2*5-17H,4H2,1-3H3;4-13,15,22H,3,14H2,1-2H3;2*1H/p-2. The molecule has 2 N–H and O–H groups in total. The first-order valence-corrected chi connectivity index (χ1v) is 36.3. The second-order valence-corrected chi connectivity index (χ2v) is 25.9. The molecule has 9 nitrogen and oxygen atoms in total. The third kappa shape index (κ3) is 23.1. The van der Waals surface area contributed by atoms with Crippen LogP contribution in [0, 0.1) is 0 Å². The van der Waals surface area contributed by atoms with Crippen molar-refractivity contribution in [1.82, 2.24) is 10.6 Å². The van der Waals surface area contributed by atoms with E-state index < -0.39 is 0 Å². The van der Waals surface area contributed by atoms with Gasteiger partial charge in [0.1, 0.15) is 0 Å². The number of aliphatic imine (C=N–C) groups is 4. The summed E-state index contributed by atoms with van der Waals surface area (Å²) in [5, 5.41) is 10.7. The molecular formula is C92H99Cl2N9S-2. The lowest BCUT2D eigenvalue weighted by atomic mass is 9.90. The first-order valence-electron chi connectivity index (χ1n) is 35.4. The molecule has 4 aliphatic carbocycles. The molecule has 7 aromatic carbocycles. The van der Waals surface area contributed by atoms with Crippen LogP contribution in [0.2, 0.25) is 0 Å². The summed E-state index contributed by atoms with van der Waals surface area (Å²) in [6.45, 7) is 13.2. The molecule has 0 unspecified atom stereocenters. The van der Waals surface area contributed by atoms with Crippen LogP contribution in [-0.4, -0.2) is 105 Å². The summed E-state index contributed by atoms with van der Waals surface area (Å²) in [6.07, 6.45) is 34.1. The number of anilines is 3. The van der Waals surface area contributed by atoms with E-state index in [1.54, 1.807) is 11.3 Å². The van der Waals surface area contributed by atoms with Gasteiger partial charge in [-0.3, -0.25) is 20.0 Å². The molecular weight excluding hydrogens is 1330 g/mol. The molecule has 534 valence electrons. The molecule has 0 saturated carbocycles. The van der Waals surface area contributed by atoms with Gasteiger partial charge in [0, 0.05) is 98.6 Å². The molecule has 104 heavy (non-hydrogen) atoms. The molecule has 0 aliphatic heterocycles. The number of hydrogen-bond acceptors (Lipinski definition) is 10. The lowest BCUT2D eigenvalue weighted by Gasteiger charge is -2.17. The molecule has 12 rings (SSSR count). The largest absolute Gasteiger partial charge is 1.00 e. The maximum absolute atomic E-state index is 4.49. The monoisotopic (exact) mass is 1430 g/mol. The van der Waals surface area contributed by atoms with Gasteiger partial charge in [0.2, 0.25) is 0 Å². The third-order valence-corrected chi connectivity index (χ3v) is 17.9. The van der Waals surface area contributed by atoms with Crippen LogP contribution in [0.5, 0.6) is 0 Å². The minimum atomic E-state index is 0. The zero-order valence-electron chi connectivity index (χ0n) is 62.3. The number of thiophene rings is 1. The van der Waals surface area contributed by atoms with E-state index in [0.717, 1.165) is 62.1 Å². The highest BCUT2D eigenvalue weighted by Gasteiger charge is 2.17. The van der Waals surface area contributed by atoms with Crippen molar-refractivity contribution in [2.75, 3.05) is 97.3 Å². The van der Waals surface area contributed by atoms with Crippen molar-refractivity contribution in [3.63, 3.8) is 0 Å². The Bertz CT molecular complexity index is 4350. The van der Waals surface area contributed by atoms with Crippen molar-refractivity contribution >= 4 is 73.5 Å². The van der Waals surface area contributed by atoms with Gasteiger partial charge < -0.3 is 50.1 Å². The third-order valence-electron chi connectivity index (χ3n) is 17.2. The van der Waals surface area contributed by atoms with Gasteiger partial charge in [0.05, 0.1) is 22.8 Å². The van der Waals surface area contributed by atoms with Gasteiger partial charge in [-0.1, -0.05) is 194 Å². The maximum Gasteiger partial charge on any atom is 0.0574 e. The van der Waals surface area contributed by atoms with E-state index in [1.165, 1.54) is 117 Å². The Hall–Kier alpha value is -10.3. The van der Waals surface area contributed by atoms with Crippen LogP contribution >= 0.6 is 11.3 Å². The second-order valence-electron chi connectivity index (χ2n) is 25.1. The summed E-state index contributed by atoms with van der Waals surface area (Å²) in [5.41, 5.74) is 30.0. The van der Waals surface area contributed by atoms with E-state index in [4.69, 9.17) is 0 Å². The summed E-state index contributed by atoms with van der Waals surface area (Å²) < 4.78 is 0. The Kier molecular flexibility index (Phi) is 33.0. The highest BCUT2D eigenvalue weighted by molar-refractivity contribution is 7.08. The van der Waals surface area contributed by atoms with Gasteiger partial charge in [0.15, 0.2) is 0 Å². The Balaban J connectivity index is 0.000000193. The molecule has 4 aliphatic rings. The summed E-state index contributed by atoms with van der Waals surface area (Å²) in [4.78, 5) is 24.3. The molecule has 0 spiro atoms. The van der Waals surface area contributed by atoms with Crippen LogP contribution in [0.3, 0.4) is 0 Å². The van der Waals surface area contributed by atoms with Gasteiger partial charge in [0.25, 0.3) is 0 Å². The van der Waals surface area contributed by atoms with Crippen LogP contribution in [-0.2, 0) is 13.1 Å². The molecule has 8 aromatic rings. The van der Waals surface area contributed by atoms with E-state index in [1.807, 2.05) is 14.1 Å². The molecule has 0 atom stereocenters. The van der Waals surface area contributed by atoms with Gasteiger partial charge in [-0.05, 0) is 244 Å². The Labute approximate surface area is 636 Å². The van der Waals surface area contributed by atoms with Crippen LogP contribution in [0.4, 0.5) is 17.1 Å². The lowest BCUT2D eigenvalue weighted by Crippen LogP contribution is -3.00. The number of nitrogens with zero attached hydrogens (tertiary/aromatic N) is 7. The van der Waals surface area contributed by atoms with Crippen molar-refractivity contribution < 1.29 is 24.8 Å². The SMILES string of the molecule is CCN=C1C=CC(=C(c2ccc(CNC)cc2)c2ccc(N(C)C)cc2)C=C1.CCN=C1C=CC(=C(c2ccc(CNC)cc2)c2ccsc2)C=C1.CCN=C1C=CC(=C(c2ccccc2)c2ccc(N(C)C)cc2)C=C1.CCN=C1C=CC(=C(c2ccccc2)c2ccc(N(C)C)cc2)C=C1.[Cl-].[Cl-]. The van der Waals surface area contributed by atoms with E-state index in [-0.39, 0.29) is 24.8 Å². The summed E-state index contributed by atoms with van der Waals surface area (Å²) in [6, 6.07) is 67.1. The molecule has 0 amide bonds. The minimum Gasteiger partial charge on any atom is -1.00 e. The van der Waals surface area contributed by atoms with Gasteiger partial charge in [-0.15, -0.1) is 0 Å². The molecule has 0 radical (unpaired) electrons. The first-order chi connectivity index (χ1) is 49.8. The topological polar surface area (TPSA) is 83.2 Å². The molecule has 0 fully saturated rings. The first kappa shape index (κ1) is 81.0. The predicted octanol–water partition coefficient (Wildman–Crippen LogP) is 14.0. The quantitative estimate of drug-likeness (QED) is 0.0843. The minimum absolute atomic E-state index is 0. The fourth-order valence-corrected chi connectivity index (χ4v) is 12.7. The number of hydrogen-bond donors (Lipinski definition) is 2. The fourth-order valence-electron chi connectivity index (χ4n) is 12.0. The van der Waals surface area contributed by atoms with E-state index in [0.29, 0.717) is 0 Å². The number of rotatable bonds is 19. The highest BCUT2D eigenvalue weighted by Crippen LogP contribution is 2.36. The normalized spacial score (nSPS) is 12.9. The fraction of sp³-hybridized carbons (Fsp3) is 0.196. The molecule has 0 bridgehead atoms. The van der Waals surface area contributed by atoms with Crippen molar-refractivity contribution in [3.8, 4) is 0 Å². The van der Waals surface area contributed by atoms with Crippen LogP contribution in [0.25, 0.3) is 22.3 Å². The van der Waals surface area contributed by atoms with Crippen molar-refractivity contribution in [2.45, 2.75) is 40.8 Å². The van der Waals surface area contributed by atoms with Crippen LogP contribution in [0.1, 0.15) is 83.3 Å². The Morgan fingerprint density at radius 3 is 0.731 bits per heavy atom. The van der Waals surface area contributed by atoms with Crippen molar-refractivity contribution in [3.05, 3.63) is 374 Å². The Morgan fingerprint density at radius 2 is 0.519 bits per heavy atom. The maximum atomic E-state index is 4.49. The molecule has 1 aromatic heterocycles. The number of benzene rings is 7. The van der Waals surface area contributed by atoms with Gasteiger partial charge in [-0.25, -0.2) is 0 Å². The smallest absolute Gasteiger partial charge is 0.0574 e. The predicted molar refractivity (Wildman–Crippen MR) is 447 cm³/mol. The van der Waals surface area contributed by atoms with Crippen LogP contribution in [0.15, 0.2) is 338 Å². The summed E-state index contributed by atoms with van der Waals surface area (Å²) in [5.74, 6) is 0. The lowest BCUT2D eigenvalue weighted by molar-refractivity contribution is -0.00100. The zero-order chi connectivity index (χ0) is 72.0. The van der Waals surface area contributed by atoms with E-state index >= 15 is 0 Å². The number of allylic oxidation sites excluding steroid dienone is 20. The molecule has 0 saturated heterocycles. The summed E-state index contributed by atoms with van der Waals surface area (Å²) >= 11 is 1.73. The van der Waals surface area contributed by atoms with Crippen molar-refractivity contribution in [1.29, 1.82) is 0 Å². The van der Waals surface area contributed by atoms with E-state index in [2.05, 4.69) is 411 Å². The Morgan fingerprint density at radius 1 is 0.288 bits per heavy atom. The number of halogens is 2. The zero-order valence-corrected chi connectivity index (χ0v) is 64.7. The number of nitrogens with one attached hydrogen (secondary N) is 2. The van der Waals surface area contributed by atoms with Crippen LogP contribution < -0.4 is 50.1 Å². The van der Waals surface area contributed by atoms with Gasteiger partial charge >= 0.3 is 0 Å². The van der Waals surface area contributed by atoms with Gasteiger partial charge in [-0.2, -0.15) is 11.3 Å². The van der Waals surface area contributed by atoms with E-state index in [9.17, 15) is 0 Å². The average Bonchev–Trinajstić information content (AvgIpc) is 0.841. The molecule has 12 heteroatoms. The average molecular weight is 1430 g/mol. The second kappa shape index (κ2) is 42.3. The summed E-state index contributed by atoms with van der Waals surface area (Å²) in [7, 11) is 16.3. The van der Waals surface area contributed by atoms with Crippen molar-refractivity contribution in [2.24, 2.45) is 20.0 Å². The highest BCUT2D eigenvalue weighted by atomic mass is 35.5.